The van der Waals surface area contributed by atoms with Crippen molar-refractivity contribution in [1.82, 2.24) is 4.37 Å². The summed E-state index contributed by atoms with van der Waals surface area (Å²) in [6, 6.07) is 6.68. The van der Waals surface area contributed by atoms with E-state index in [2.05, 4.69) is 9.69 Å². The SMILES string of the molecule is Cc1cc2oc(=O)cc(C)c2cc1NC(=O)c1ccns1. The summed E-state index contributed by atoms with van der Waals surface area (Å²) < 4.78 is 9.09. The molecule has 1 amide bonds. The molecule has 0 atom stereocenters. The highest BCUT2D eigenvalue weighted by Crippen LogP contribution is 2.25. The van der Waals surface area contributed by atoms with Gasteiger partial charge in [0.2, 0.25) is 0 Å². The van der Waals surface area contributed by atoms with Gasteiger partial charge in [-0.2, -0.15) is 0 Å². The molecule has 2 aromatic heterocycles. The van der Waals surface area contributed by atoms with E-state index in [9.17, 15) is 9.59 Å². The number of hydrogen-bond acceptors (Lipinski definition) is 5. The van der Waals surface area contributed by atoms with Crippen LogP contribution in [0.2, 0.25) is 0 Å². The number of hydrogen-bond donors (Lipinski definition) is 1. The number of amides is 1. The van der Waals surface area contributed by atoms with E-state index in [4.69, 9.17) is 4.42 Å². The van der Waals surface area contributed by atoms with E-state index in [0.29, 0.717) is 16.1 Å². The normalized spacial score (nSPS) is 10.8. The van der Waals surface area contributed by atoms with Crippen molar-refractivity contribution in [1.29, 1.82) is 0 Å². The van der Waals surface area contributed by atoms with Gasteiger partial charge in [0.15, 0.2) is 0 Å². The first-order chi connectivity index (χ1) is 10.0. The second kappa shape index (κ2) is 5.14. The first kappa shape index (κ1) is 13.5. The number of fused-ring (bicyclic) bond motifs is 1. The molecule has 3 rings (SSSR count). The molecule has 21 heavy (non-hydrogen) atoms. The lowest BCUT2D eigenvalue weighted by Gasteiger charge is -2.09. The molecule has 106 valence electrons. The van der Waals surface area contributed by atoms with Gasteiger partial charge in [0.25, 0.3) is 5.91 Å². The number of aryl methyl sites for hydroxylation is 2. The standard InChI is InChI=1S/C15H12N2O3S/c1-8-6-14(18)20-12-5-9(2)11(7-10(8)12)17-15(19)13-3-4-16-21-13/h3-7H,1-2H3,(H,17,19). The fraction of sp³-hybridized carbons (Fsp3) is 0.133. The summed E-state index contributed by atoms with van der Waals surface area (Å²) in [5.74, 6) is -0.199. The Morgan fingerprint density at radius 2 is 2.05 bits per heavy atom. The molecule has 0 radical (unpaired) electrons. The number of anilines is 1. The Morgan fingerprint density at radius 1 is 1.24 bits per heavy atom. The lowest BCUT2D eigenvalue weighted by atomic mass is 10.1. The summed E-state index contributed by atoms with van der Waals surface area (Å²) in [6.45, 7) is 3.69. The summed E-state index contributed by atoms with van der Waals surface area (Å²) in [4.78, 5) is 24.0. The second-order valence-electron chi connectivity index (χ2n) is 4.74. The van der Waals surface area contributed by atoms with Crippen molar-refractivity contribution in [3.05, 3.63) is 56.9 Å². The van der Waals surface area contributed by atoms with E-state index in [1.807, 2.05) is 19.9 Å². The molecule has 0 unspecified atom stereocenters. The smallest absolute Gasteiger partial charge is 0.336 e. The fourth-order valence-electron chi connectivity index (χ4n) is 2.12. The lowest BCUT2D eigenvalue weighted by molar-refractivity contribution is 0.103. The van der Waals surface area contributed by atoms with Gasteiger partial charge in [-0.05, 0) is 54.7 Å². The molecule has 0 aliphatic rings. The zero-order valence-electron chi connectivity index (χ0n) is 11.5. The van der Waals surface area contributed by atoms with Gasteiger partial charge >= 0.3 is 5.63 Å². The number of carbonyl (C=O) groups excluding carboxylic acids is 1. The van der Waals surface area contributed by atoms with Crippen LogP contribution in [-0.4, -0.2) is 10.3 Å². The van der Waals surface area contributed by atoms with Crippen LogP contribution in [0.15, 0.2) is 39.7 Å². The maximum Gasteiger partial charge on any atom is 0.336 e. The Kier molecular flexibility index (Phi) is 3.31. The van der Waals surface area contributed by atoms with Crippen molar-refractivity contribution in [2.45, 2.75) is 13.8 Å². The van der Waals surface area contributed by atoms with Crippen molar-refractivity contribution in [3.8, 4) is 0 Å². The van der Waals surface area contributed by atoms with Crippen LogP contribution in [0.4, 0.5) is 5.69 Å². The third-order valence-electron chi connectivity index (χ3n) is 3.21. The number of nitrogens with zero attached hydrogens (tertiary/aromatic N) is 1. The number of rotatable bonds is 2. The highest BCUT2D eigenvalue weighted by atomic mass is 32.1. The van der Waals surface area contributed by atoms with E-state index in [1.165, 1.54) is 6.07 Å². The number of carbonyl (C=O) groups is 1. The van der Waals surface area contributed by atoms with Crippen molar-refractivity contribution in [2.24, 2.45) is 0 Å². The molecule has 0 aliphatic carbocycles. The van der Waals surface area contributed by atoms with Gasteiger partial charge in [-0.3, -0.25) is 4.79 Å². The summed E-state index contributed by atoms with van der Waals surface area (Å²) in [5, 5.41) is 3.66. The van der Waals surface area contributed by atoms with Crippen LogP contribution >= 0.6 is 11.5 Å². The molecule has 1 aromatic carbocycles. The molecule has 3 aromatic rings. The van der Waals surface area contributed by atoms with E-state index >= 15 is 0 Å². The van der Waals surface area contributed by atoms with Crippen LogP contribution in [-0.2, 0) is 0 Å². The number of benzene rings is 1. The Bertz CT molecular complexity index is 882. The molecule has 1 N–H and O–H groups in total. The zero-order valence-corrected chi connectivity index (χ0v) is 12.3. The molecule has 0 spiro atoms. The van der Waals surface area contributed by atoms with Crippen molar-refractivity contribution in [2.75, 3.05) is 5.32 Å². The molecule has 0 fully saturated rings. The molecular weight excluding hydrogens is 288 g/mol. The number of aromatic nitrogens is 1. The maximum absolute atomic E-state index is 12.1. The molecule has 0 saturated heterocycles. The lowest BCUT2D eigenvalue weighted by Crippen LogP contribution is -2.11. The molecule has 0 saturated carbocycles. The average Bonchev–Trinajstić information content (AvgIpc) is 2.94. The van der Waals surface area contributed by atoms with Gasteiger partial charge in [0.1, 0.15) is 10.5 Å². The Morgan fingerprint density at radius 3 is 2.76 bits per heavy atom. The zero-order chi connectivity index (χ0) is 15.0. The van der Waals surface area contributed by atoms with E-state index in [0.717, 1.165) is 28.0 Å². The van der Waals surface area contributed by atoms with Crippen molar-refractivity contribution in [3.63, 3.8) is 0 Å². The second-order valence-corrected chi connectivity index (χ2v) is 5.58. The molecular formula is C15H12N2O3S. The van der Waals surface area contributed by atoms with Gasteiger partial charge in [0.05, 0.1) is 0 Å². The fourth-order valence-corrected chi connectivity index (χ4v) is 2.61. The Balaban J connectivity index is 2.05. The van der Waals surface area contributed by atoms with Crippen LogP contribution in [0.25, 0.3) is 11.0 Å². The van der Waals surface area contributed by atoms with Crippen molar-refractivity contribution >= 4 is 34.1 Å². The van der Waals surface area contributed by atoms with Crippen LogP contribution in [0, 0.1) is 13.8 Å². The third-order valence-corrected chi connectivity index (χ3v) is 3.95. The first-order valence-electron chi connectivity index (χ1n) is 6.32. The average molecular weight is 300 g/mol. The Hall–Kier alpha value is -2.47. The van der Waals surface area contributed by atoms with E-state index in [-0.39, 0.29) is 11.5 Å². The molecule has 0 aliphatic heterocycles. The maximum atomic E-state index is 12.1. The minimum atomic E-state index is -0.374. The van der Waals surface area contributed by atoms with Gasteiger partial charge < -0.3 is 9.73 Å². The van der Waals surface area contributed by atoms with Crippen molar-refractivity contribution < 1.29 is 9.21 Å². The van der Waals surface area contributed by atoms with Gasteiger partial charge in [-0.25, -0.2) is 9.17 Å². The first-order valence-corrected chi connectivity index (χ1v) is 7.09. The summed E-state index contributed by atoms with van der Waals surface area (Å²) >= 11 is 1.14. The highest BCUT2D eigenvalue weighted by molar-refractivity contribution is 7.08. The van der Waals surface area contributed by atoms with Crippen LogP contribution in [0.3, 0.4) is 0 Å². The Labute approximate surface area is 124 Å². The van der Waals surface area contributed by atoms with Gasteiger partial charge in [0, 0.05) is 23.3 Å². The van der Waals surface area contributed by atoms with Crippen LogP contribution in [0.5, 0.6) is 0 Å². The van der Waals surface area contributed by atoms with Gasteiger partial charge in [-0.15, -0.1) is 0 Å². The van der Waals surface area contributed by atoms with Gasteiger partial charge in [-0.1, -0.05) is 0 Å². The predicted octanol–water partition coefficient (Wildman–Crippen LogP) is 3.12. The van der Waals surface area contributed by atoms with E-state index in [1.54, 1.807) is 18.3 Å². The topological polar surface area (TPSA) is 72.2 Å². The molecule has 6 heteroatoms. The molecule has 0 bridgehead atoms. The van der Waals surface area contributed by atoms with Crippen LogP contribution in [0.1, 0.15) is 20.8 Å². The quantitative estimate of drug-likeness (QED) is 0.738. The summed E-state index contributed by atoms with van der Waals surface area (Å²) in [5.41, 5.74) is 2.48. The molecule has 2 heterocycles. The minimum absolute atomic E-state index is 0.199. The minimum Gasteiger partial charge on any atom is -0.423 e. The van der Waals surface area contributed by atoms with Crippen LogP contribution < -0.4 is 10.9 Å². The predicted molar refractivity (Wildman–Crippen MR) is 82.0 cm³/mol. The highest BCUT2D eigenvalue weighted by Gasteiger charge is 2.12. The third kappa shape index (κ3) is 2.57. The summed E-state index contributed by atoms with van der Waals surface area (Å²) in [6.07, 6.45) is 1.59. The molecule has 5 nitrogen and oxygen atoms in total. The monoisotopic (exact) mass is 300 g/mol. The number of nitrogens with one attached hydrogen (secondary N) is 1. The largest absolute Gasteiger partial charge is 0.423 e. The van der Waals surface area contributed by atoms with E-state index < -0.39 is 0 Å². The summed E-state index contributed by atoms with van der Waals surface area (Å²) in [7, 11) is 0.